The van der Waals surface area contributed by atoms with Gasteiger partial charge in [-0.1, -0.05) is 50.6 Å². The van der Waals surface area contributed by atoms with Crippen molar-refractivity contribution in [2.45, 2.75) is 55.2 Å². The fourth-order valence-corrected chi connectivity index (χ4v) is 9.62. The number of ether oxygens (including phenoxy) is 1. The van der Waals surface area contributed by atoms with E-state index in [1.807, 2.05) is 56.3 Å². The number of thioether (sulfide) groups is 1. The molecule has 9 heteroatoms. The van der Waals surface area contributed by atoms with Crippen molar-refractivity contribution in [3.8, 4) is 5.75 Å². The SMILES string of the molecule is C=CCN(C(=O)C1N([C@@H](CO)[C@@H](C)CC)C(=O)[C@@H]2[C@@H](C(=O)N(CC=C)c3ccccc3)[C@H]3CCC12S3)c1ccc(OC)cc1. The second kappa shape index (κ2) is 13.2. The van der Waals surface area contributed by atoms with Crippen LogP contribution in [0.1, 0.15) is 33.1 Å². The maximum absolute atomic E-state index is 14.9. The van der Waals surface area contributed by atoms with Gasteiger partial charge < -0.3 is 24.5 Å². The number of nitrogens with zero attached hydrogens (tertiary/aromatic N) is 3. The van der Waals surface area contributed by atoms with Crippen LogP contribution in [0.4, 0.5) is 11.4 Å². The summed E-state index contributed by atoms with van der Waals surface area (Å²) in [7, 11) is 1.59. The zero-order valence-electron chi connectivity index (χ0n) is 25.8. The normalized spacial score (nSPS) is 26.5. The van der Waals surface area contributed by atoms with E-state index < -0.39 is 28.7 Å². The van der Waals surface area contributed by atoms with Gasteiger partial charge in [0, 0.05) is 29.7 Å². The van der Waals surface area contributed by atoms with Crippen LogP contribution in [-0.4, -0.2) is 76.6 Å². The molecule has 1 spiro atoms. The summed E-state index contributed by atoms with van der Waals surface area (Å²) in [5, 5.41) is 10.6. The number of amides is 3. The van der Waals surface area contributed by atoms with E-state index in [4.69, 9.17) is 4.74 Å². The molecule has 7 atom stereocenters. The third-order valence-electron chi connectivity index (χ3n) is 9.71. The quantitative estimate of drug-likeness (QED) is 0.321. The lowest BCUT2D eigenvalue weighted by atomic mass is 9.70. The van der Waals surface area contributed by atoms with Crippen molar-refractivity contribution in [3.63, 3.8) is 0 Å². The lowest BCUT2D eigenvalue weighted by Crippen LogP contribution is -2.58. The Hall–Kier alpha value is -3.56. The first kappa shape index (κ1) is 31.9. The van der Waals surface area contributed by atoms with Gasteiger partial charge in [-0.15, -0.1) is 24.9 Å². The summed E-state index contributed by atoms with van der Waals surface area (Å²) >= 11 is 1.63. The van der Waals surface area contributed by atoms with Crippen LogP contribution >= 0.6 is 11.8 Å². The number of para-hydroxylation sites is 1. The number of benzene rings is 2. The highest BCUT2D eigenvalue weighted by Gasteiger charge is 2.75. The first-order valence-corrected chi connectivity index (χ1v) is 16.3. The number of rotatable bonds is 13. The molecule has 2 unspecified atom stereocenters. The number of likely N-dealkylation sites (tertiary alicyclic amines) is 1. The monoisotopic (exact) mass is 617 g/mol. The predicted octanol–water partition coefficient (Wildman–Crippen LogP) is 4.93. The molecule has 2 aromatic carbocycles. The number of carbonyl (C=O) groups excluding carboxylic acids is 3. The average Bonchev–Trinajstić information content (AvgIpc) is 3.70. The molecule has 0 aliphatic carbocycles. The fraction of sp³-hybridized carbons (Fsp3) is 0.457. The Bertz CT molecular complexity index is 1380. The van der Waals surface area contributed by atoms with Crippen molar-refractivity contribution in [1.82, 2.24) is 4.90 Å². The first-order chi connectivity index (χ1) is 21.3. The van der Waals surface area contributed by atoms with Gasteiger partial charge in [-0.2, -0.15) is 0 Å². The summed E-state index contributed by atoms with van der Waals surface area (Å²) in [6, 6.07) is 15.3. The fourth-order valence-electron chi connectivity index (χ4n) is 7.42. The molecule has 3 amide bonds. The molecule has 234 valence electrons. The van der Waals surface area contributed by atoms with Gasteiger partial charge in [0.05, 0.1) is 36.3 Å². The van der Waals surface area contributed by atoms with Crippen LogP contribution in [0, 0.1) is 17.8 Å². The van der Waals surface area contributed by atoms with Gasteiger partial charge in [-0.3, -0.25) is 14.4 Å². The summed E-state index contributed by atoms with van der Waals surface area (Å²) in [5.41, 5.74) is 1.41. The summed E-state index contributed by atoms with van der Waals surface area (Å²) < 4.78 is 4.54. The summed E-state index contributed by atoms with van der Waals surface area (Å²) in [6.45, 7) is 12.1. The van der Waals surface area contributed by atoms with Gasteiger partial charge in [0.1, 0.15) is 11.8 Å². The first-order valence-electron chi connectivity index (χ1n) is 15.4. The highest BCUT2D eigenvalue weighted by atomic mass is 32.2. The maximum atomic E-state index is 14.9. The number of aliphatic hydroxyl groups excluding tert-OH is 1. The molecule has 2 bridgehead atoms. The minimum absolute atomic E-state index is 0.0544. The van der Waals surface area contributed by atoms with Crippen LogP contribution in [0.2, 0.25) is 0 Å². The van der Waals surface area contributed by atoms with Crippen LogP contribution in [0.15, 0.2) is 79.9 Å². The van der Waals surface area contributed by atoms with Gasteiger partial charge >= 0.3 is 0 Å². The number of hydrogen-bond acceptors (Lipinski definition) is 6. The van der Waals surface area contributed by atoms with E-state index in [-0.39, 0.29) is 42.0 Å². The largest absolute Gasteiger partial charge is 0.497 e. The molecule has 3 fully saturated rings. The second-order valence-corrected chi connectivity index (χ2v) is 13.5. The van der Waals surface area contributed by atoms with E-state index in [1.165, 1.54) is 0 Å². The standard InChI is InChI=1S/C35H43N3O5S/c1-6-20-36(24-12-10-9-11-13-24)32(40)29-28-18-19-35(44-28)30(29)33(41)38(27(22-39)23(4)8-3)31(35)34(42)37(21-7-2)25-14-16-26(43-5)17-15-25/h6-7,9-17,23,27-31,39H,1-2,8,18-22H2,3-5H3/t23-,27-,28+,29-,30-,31?,35?/m0/s1. The Kier molecular flexibility index (Phi) is 9.56. The molecule has 5 rings (SSSR count). The van der Waals surface area contributed by atoms with Crippen LogP contribution in [0.5, 0.6) is 5.75 Å². The van der Waals surface area contributed by atoms with E-state index in [0.29, 0.717) is 24.4 Å². The van der Waals surface area contributed by atoms with Crippen LogP contribution in [0.3, 0.4) is 0 Å². The van der Waals surface area contributed by atoms with Gasteiger partial charge in [0.2, 0.25) is 11.8 Å². The molecule has 3 heterocycles. The molecule has 3 saturated heterocycles. The lowest BCUT2D eigenvalue weighted by molar-refractivity contribution is -0.143. The number of hydrogen-bond donors (Lipinski definition) is 1. The van der Waals surface area contributed by atoms with E-state index in [9.17, 15) is 19.5 Å². The maximum Gasteiger partial charge on any atom is 0.251 e. The Morgan fingerprint density at radius 3 is 2.25 bits per heavy atom. The van der Waals surface area contributed by atoms with E-state index >= 15 is 0 Å². The van der Waals surface area contributed by atoms with Crippen molar-refractivity contribution in [3.05, 3.63) is 79.9 Å². The third kappa shape index (κ3) is 5.24. The molecule has 8 nitrogen and oxygen atoms in total. The molecule has 3 aliphatic rings. The van der Waals surface area contributed by atoms with Gasteiger partial charge in [-0.05, 0) is 55.2 Å². The van der Waals surface area contributed by atoms with Crippen LogP contribution in [-0.2, 0) is 14.4 Å². The van der Waals surface area contributed by atoms with Crippen molar-refractivity contribution in [2.24, 2.45) is 17.8 Å². The van der Waals surface area contributed by atoms with Crippen molar-refractivity contribution in [2.75, 3.05) is 36.6 Å². The lowest BCUT2D eigenvalue weighted by Gasteiger charge is -2.41. The topological polar surface area (TPSA) is 90.4 Å². The number of anilines is 2. The third-order valence-corrected chi connectivity index (χ3v) is 11.7. The molecular formula is C35H43N3O5S. The number of aliphatic hydroxyl groups is 1. The zero-order chi connectivity index (χ0) is 31.6. The molecule has 0 saturated carbocycles. The Labute approximate surface area is 264 Å². The number of methoxy groups -OCH3 is 1. The molecule has 44 heavy (non-hydrogen) atoms. The Morgan fingerprint density at radius 2 is 1.68 bits per heavy atom. The predicted molar refractivity (Wildman–Crippen MR) is 176 cm³/mol. The average molecular weight is 618 g/mol. The molecular weight excluding hydrogens is 574 g/mol. The van der Waals surface area contributed by atoms with Crippen molar-refractivity contribution >= 4 is 40.9 Å². The van der Waals surface area contributed by atoms with Crippen molar-refractivity contribution < 1.29 is 24.2 Å². The van der Waals surface area contributed by atoms with Gasteiger partial charge in [0.15, 0.2) is 0 Å². The number of fused-ring (bicyclic) bond motifs is 1. The van der Waals surface area contributed by atoms with E-state index in [2.05, 4.69) is 13.2 Å². The van der Waals surface area contributed by atoms with Crippen LogP contribution < -0.4 is 14.5 Å². The highest BCUT2D eigenvalue weighted by Crippen LogP contribution is 2.67. The molecule has 0 aromatic heterocycles. The second-order valence-electron chi connectivity index (χ2n) is 11.9. The molecule has 3 aliphatic heterocycles. The van der Waals surface area contributed by atoms with Gasteiger partial charge in [0.25, 0.3) is 5.91 Å². The Balaban J connectivity index is 1.61. The van der Waals surface area contributed by atoms with E-state index in [0.717, 1.165) is 18.5 Å². The van der Waals surface area contributed by atoms with E-state index in [1.54, 1.807) is 57.9 Å². The highest BCUT2D eigenvalue weighted by molar-refractivity contribution is 8.02. The van der Waals surface area contributed by atoms with Crippen LogP contribution in [0.25, 0.3) is 0 Å². The minimum atomic E-state index is -0.842. The van der Waals surface area contributed by atoms with Crippen molar-refractivity contribution in [1.29, 1.82) is 0 Å². The molecule has 1 N–H and O–H groups in total. The molecule has 0 radical (unpaired) electrons. The van der Waals surface area contributed by atoms with Gasteiger partial charge in [-0.25, -0.2) is 0 Å². The molecule has 2 aromatic rings. The number of carbonyl (C=O) groups is 3. The summed E-state index contributed by atoms with van der Waals surface area (Å²) in [6.07, 6.45) is 5.47. The summed E-state index contributed by atoms with van der Waals surface area (Å²) in [5.74, 6) is -1.21. The smallest absolute Gasteiger partial charge is 0.251 e. The minimum Gasteiger partial charge on any atom is -0.497 e. The zero-order valence-corrected chi connectivity index (χ0v) is 26.6. The Morgan fingerprint density at radius 1 is 1.07 bits per heavy atom. The summed E-state index contributed by atoms with van der Waals surface area (Å²) in [4.78, 5) is 49.1.